The molecule has 2 heterocycles. The minimum Gasteiger partial charge on any atom is -0.421 e. The van der Waals surface area contributed by atoms with Crippen LogP contribution in [0.15, 0.2) is 37.4 Å². The summed E-state index contributed by atoms with van der Waals surface area (Å²) in [4.78, 5) is 0. The van der Waals surface area contributed by atoms with Crippen LogP contribution in [0.1, 0.15) is 0 Å². The number of halogens is 12. The van der Waals surface area contributed by atoms with Gasteiger partial charge in [-0.05, 0) is 0 Å². The predicted molar refractivity (Wildman–Crippen MR) is 139 cm³/mol. The lowest BCUT2D eigenvalue weighted by Crippen LogP contribution is -2.30. The second-order valence-electron chi connectivity index (χ2n) is 8.69. The highest BCUT2D eigenvalue weighted by atomic mass is 32.3. The summed E-state index contributed by atoms with van der Waals surface area (Å²) in [5.74, 6) is 0. The minimum atomic E-state index is -6.72. The Bertz CT molecular complexity index is 1590. The Morgan fingerprint density at radius 3 is 0.920 bits per heavy atom. The molecule has 0 N–H and O–H groups in total. The summed E-state index contributed by atoms with van der Waals surface area (Å²) >= 11 is 0. The zero-order valence-electron chi connectivity index (χ0n) is 24.6. The molecule has 0 aliphatic heterocycles. The third-order valence-electron chi connectivity index (χ3n) is 4.57. The summed E-state index contributed by atoms with van der Waals surface area (Å²) in [5.41, 5.74) is -24.8. The first-order valence-corrected chi connectivity index (χ1v) is 17.8. The number of sulfonamides is 4. The van der Waals surface area contributed by atoms with Crippen molar-refractivity contribution in [3.63, 3.8) is 0 Å². The van der Waals surface area contributed by atoms with Crippen molar-refractivity contribution in [1.29, 1.82) is 0 Å². The van der Waals surface area contributed by atoms with Crippen molar-refractivity contribution < 1.29 is 105 Å². The van der Waals surface area contributed by atoms with Gasteiger partial charge >= 0.3 is 22.0 Å². The van der Waals surface area contributed by atoms with E-state index >= 15 is 0 Å². The fraction of sp³-hybridized carbons (Fsp3) is 0.667. The second-order valence-corrected chi connectivity index (χ2v) is 15.5. The average molecular weight is 841 g/mol. The summed E-state index contributed by atoms with van der Waals surface area (Å²) < 4.78 is 238. The van der Waals surface area contributed by atoms with E-state index in [0.717, 1.165) is 21.3 Å². The first-order chi connectivity index (χ1) is 22.2. The number of imidazole rings is 2. The van der Waals surface area contributed by atoms with Crippen LogP contribution < -0.4 is 9.13 Å². The number of hydrogen-bond acceptors (Lipinski definition) is 10. The molecule has 16 nitrogen and oxygen atoms in total. The summed E-state index contributed by atoms with van der Waals surface area (Å²) in [6, 6.07) is 0. The van der Waals surface area contributed by atoms with Gasteiger partial charge in [0.25, 0.3) is 0 Å². The van der Waals surface area contributed by atoms with Gasteiger partial charge in [-0.2, -0.15) is 52.7 Å². The van der Waals surface area contributed by atoms with E-state index in [1.165, 1.54) is 0 Å². The highest BCUT2D eigenvalue weighted by Crippen LogP contribution is 2.37. The van der Waals surface area contributed by atoms with Gasteiger partial charge in [-0.25, -0.2) is 51.9 Å². The summed E-state index contributed by atoms with van der Waals surface area (Å²) in [7, 11) is -22.9. The molecule has 0 radical (unpaired) electrons. The maximum Gasteiger partial charge on any atom is 0.480 e. The van der Waals surface area contributed by atoms with Crippen LogP contribution in [0.2, 0.25) is 0 Å². The van der Waals surface area contributed by atoms with E-state index in [1.807, 2.05) is 60.7 Å². The predicted octanol–water partition coefficient (Wildman–Crippen LogP) is 1.79. The molecule has 0 bridgehead atoms. The third-order valence-corrected chi connectivity index (χ3v) is 10.0. The molecule has 0 unspecified atom stereocenters. The van der Waals surface area contributed by atoms with E-state index in [-0.39, 0.29) is 0 Å². The smallest absolute Gasteiger partial charge is 0.421 e. The van der Waals surface area contributed by atoms with Gasteiger partial charge in [0.05, 0.1) is 40.5 Å². The van der Waals surface area contributed by atoms with Gasteiger partial charge in [0.1, 0.15) is 37.9 Å². The SMILES string of the molecule is C[n+]1ccn(CCOCCOCCn2cc[n+](C)c2)c1.O=S(=O)([N-]S(=O)(=O)C(F)(F)F)C(F)(F)F.O=S(=O)([N-]S(=O)(=O)C(F)(F)F)C(F)(F)F. The second kappa shape index (κ2) is 17.6. The van der Waals surface area contributed by atoms with E-state index in [9.17, 15) is 86.4 Å². The average Bonchev–Trinajstić information content (AvgIpc) is 3.49. The van der Waals surface area contributed by atoms with Crippen LogP contribution in [-0.4, -0.2) is 91.3 Å². The first-order valence-electron chi connectivity index (χ1n) is 12.1. The highest BCUT2D eigenvalue weighted by molar-refractivity contribution is 8.13. The minimum absolute atomic E-state index is 0.646. The lowest BCUT2D eigenvalue weighted by atomic mass is 10.6. The quantitative estimate of drug-likeness (QED) is 0.163. The topological polar surface area (TPSA) is 201 Å². The van der Waals surface area contributed by atoms with Gasteiger partial charge in [-0.15, -0.1) is 0 Å². The molecule has 0 spiro atoms. The van der Waals surface area contributed by atoms with Gasteiger partial charge in [-0.3, -0.25) is 0 Å². The number of hydrogen-bond donors (Lipinski definition) is 0. The van der Waals surface area contributed by atoms with Gasteiger partial charge in [-0.1, -0.05) is 0 Å². The normalized spacial score (nSPS) is 13.6. The van der Waals surface area contributed by atoms with E-state index in [1.54, 1.807) is 0 Å². The van der Waals surface area contributed by atoms with E-state index in [4.69, 9.17) is 9.47 Å². The van der Waals surface area contributed by atoms with Gasteiger partial charge < -0.3 is 17.7 Å². The molecule has 0 aliphatic rings. The van der Waals surface area contributed by atoms with Crippen LogP contribution in [0, 0.1) is 0 Å². The molecule has 50 heavy (non-hydrogen) atoms. The van der Waals surface area contributed by atoms with Crippen LogP contribution >= 0.6 is 0 Å². The Kier molecular flexibility index (Phi) is 16.6. The lowest BCUT2D eigenvalue weighted by Gasteiger charge is -2.22. The van der Waals surface area contributed by atoms with Crippen molar-refractivity contribution >= 4 is 40.1 Å². The molecule has 0 aliphatic carbocycles. The van der Waals surface area contributed by atoms with Crippen molar-refractivity contribution in [3.05, 3.63) is 45.7 Å². The molecule has 2 aromatic heterocycles. The lowest BCUT2D eigenvalue weighted by molar-refractivity contribution is -0.671. The number of ether oxygens (including phenoxy) is 2. The maximum atomic E-state index is 11.4. The van der Waals surface area contributed by atoms with Gasteiger partial charge in [0.15, 0.2) is 40.1 Å². The van der Waals surface area contributed by atoms with Crippen molar-refractivity contribution in [3.8, 4) is 0 Å². The van der Waals surface area contributed by atoms with Crippen molar-refractivity contribution in [2.75, 3.05) is 26.4 Å². The number of aromatic nitrogens is 4. The molecule has 0 atom stereocenters. The molecule has 2 rings (SSSR count). The van der Waals surface area contributed by atoms with Crippen LogP contribution in [0.3, 0.4) is 0 Å². The number of alkyl halides is 12. The number of rotatable bonds is 13. The molecule has 0 saturated carbocycles. The van der Waals surface area contributed by atoms with Crippen LogP contribution in [0.25, 0.3) is 8.25 Å². The third kappa shape index (κ3) is 16.1. The van der Waals surface area contributed by atoms with Crippen LogP contribution in [0.4, 0.5) is 52.7 Å². The van der Waals surface area contributed by atoms with E-state index in [2.05, 4.69) is 9.13 Å². The molecule has 294 valence electrons. The van der Waals surface area contributed by atoms with E-state index in [0.29, 0.717) is 26.4 Å². The van der Waals surface area contributed by atoms with Crippen LogP contribution in [0.5, 0.6) is 0 Å². The standard InChI is InChI=1S/C14H24N4O2.2C2F6NO4S2/c1-15-3-5-17(13-15)7-9-19-11-12-20-10-8-18-6-4-16(2)14-18;2*3-1(4,5)14(10,11)9-15(12,13)2(6,7)8/h3-6,13-14H,7-12H2,1-2H3;;/q+2;2*-1. The molecular formula is C18H24F12N6O10S4. The Morgan fingerprint density at radius 1 is 0.500 bits per heavy atom. The number of nitrogens with zero attached hydrogens (tertiary/aromatic N) is 6. The summed E-state index contributed by atoms with van der Waals surface area (Å²) in [5, 5.41) is 0. The summed E-state index contributed by atoms with van der Waals surface area (Å²) in [6.45, 7) is 4.47. The maximum absolute atomic E-state index is 11.4. The van der Waals surface area contributed by atoms with Crippen molar-refractivity contribution in [2.45, 2.75) is 35.1 Å². The molecule has 0 fully saturated rings. The first kappa shape index (κ1) is 47.2. The fourth-order valence-corrected chi connectivity index (χ4v) is 5.78. The molecule has 32 heteroatoms. The molecule has 2 aromatic rings. The molecule has 0 amide bonds. The Hall–Kier alpha value is -2.78. The fourth-order valence-electron chi connectivity index (χ4n) is 2.36. The molecule has 0 saturated heterocycles. The van der Waals surface area contributed by atoms with Gasteiger partial charge in [0.2, 0.25) is 12.7 Å². The van der Waals surface area contributed by atoms with E-state index < -0.39 is 62.1 Å². The summed E-state index contributed by atoms with van der Waals surface area (Å²) in [6.07, 6.45) is 12.2. The van der Waals surface area contributed by atoms with Crippen LogP contribution in [-0.2, 0) is 76.8 Å². The zero-order valence-corrected chi connectivity index (χ0v) is 27.9. The molecule has 0 aromatic carbocycles. The van der Waals surface area contributed by atoms with Gasteiger partial charge in [0, 0.05) is 0 Å². The van der Waals surface area contributed by atoms with Crippen molar-refractivity contribution in [2.24, 2.45) is 14.1 Å². The Morgan fingerprint density at radius 2 is 0.740 bits per heavy atom. The number of aryl methyl sites for hydroxylation is 2. The monoisotopic (exact) mass is 840 g/mol. The zero-order chi connectivity index (χ0) is 39.6. The Balaban J connectivity index is 0.000000735. The highest BCUT2D eigenvalue weighted by Gasteiger charge is 2.48. The molecular weight excluding hydrogens is 816 g/mol. The Labute approximate surface area is 275 Å². The van der Waals surface area contributed by atoms with Crippen molar-refractivity contribution in [1.82, 2.24) is 9.13 Å². The largest absolute Gasteiger partial charge is 0.480 e.